The average molecular weight is 339 g/mol. The van der Waals surface area contributed by atoms with Crippen molar-refractivity contribution in [2.75, 3.05) is 13.7 Å². The molecule has 5 atom stereocenters. The van der Waals surface area contributed by atoms with Crippen molar-refractivity contribution in [2.45, 2.75) is 31.5 Å². The van der Waals surface area contributed by atoms with Gasteiger partial charge >= 0.3 is 5.97 Å². The van der Waals surface area contributed by atoms with Gasteiger partial charge in [0, 0.05) is 13.0 Å². The van der Waals surface area contributed by atoms with Crippen LogP contribution in [0.3, 0.4) is 0 Å². The Morgan fingerprint density at radius 3 is 2.46 bits per heavy atom. The van der Waals surface area contributed by atoms with Crippen LogP contribution in [0.1, 0.15) is 27.6 Å². The lowest BCUT2D eigenvalue weighted by Gasteiger charge is -2.42. The fourth-order valence-corrected chi connectivity index (χ4v) is 2.75. The van der Waals surface area contributed by atoms with Crippen LogP contribution in [-0.4, -0.2) is 65.5 Å². The molecule has 4 N–H and O–H groups in total. The van der Waals surface area contributed by atoms with Gasteiger partial charge in [-0.05, 0) is 12.1 Å². The maximum Gasteiger partial charge on any atom is 0.336 e. The third kappa shape index (κ3) is 3.57. The van der Waals surface area contributed by atoms with Crippen LogP contribution in [0.4, 0.5) is 0 Å². The molecule has 1 aliphatic heterocycles. The number of hydrogen-bond donors (Lipinski definition) is 4. The Balaban J connectivity index is 2.22. The average Bonchev–Trinajstić information content (AvgIpc) is 2.59. The summed E-state index contributed by atoms with van der Waals surface area (Å²) in [4.78, 5) is 23.7. The molecule has 1 aromatic carbocycles. The van der Waals surface area contributed by atoms with E-state index in [9.17, 15) is 24.9 Å². The molecule has 132 valence electrons. The number of benzene rings is 1. The van der Waals surface area contributed by atoms with E-state index in [1.165, 1.54) is 25.3 Å². The van der Waals surface area contributed by atoms with E-state index in [2.05, 4.69) is 5.32 Å². The van der Waals surface area contributed by atoms with Gasteiger partial charge in [0.15, 0.2) is 6.29 Å². The monoisotopic (exact) mass is 339 g/mol. The molecule has 2 unspecified atom stereocenters. The summed E-state index contributed by atoms with van der Waals surface area (Å²) >= 11 is 0. The van der Waals surface area contributed by atoms with Gasteiger partial charge in [-0.1, -0.05) is 19.1 Å². The molecule has 1 saturated heterocycles. The van der Waals surface area contributed by atoms with Crippen molar-refractivity contribution in [1.29, 1.82) is 0 Å². The predicted molar refractivity (Wildman–Crippen MR) is 82.6 cm³/mol. The van der Waals surface area contributed by atoms with Gasteiger partial charge in [-0.15, -0.1) is 0 Å². The van der Waals surface area contributed by atoms with Gasteiger partial charge in [0.25, 0.3) is 5.91 Å². The maximum absolute atomic E-state index is 12.5. The van der Waals surface area contributed by atoms with E-state index < -0.39 is 42.3 Å². The Labute approximate surface area is 139 Å². The van der Waals surface area contributed by atoms with Gasteiger partial charge in [-0.25, -0.2) is 4.79 Å². The summed E-state index contributed by atoms with van der Waals surface area (Å²) in [5.41, 5.74) is -0.166. The molecule has 1 aromatic rings. The van der Waals surface area contributed by atoms with Crippen molar-refractivity contribution in [3.8, 4) is 0 Å². The van der Waals surface area contributed by atoms with Crippen molar-refractivity contribution < 1.29 is 34.4 Å². The van der Waals surface area contributed by atoms with Crippen molar-refractivity contribution in [2.24, 2.45) is 5.92 Å². The van der Waals surface area contributed by atoms with Crippen LogP contribution in [-0.2, 0) is 9.47 Å². The number of carboxylic acids is 1. The summed E-state index contributed by atoms with van der Waals surface area (Å²) in [5, 5.41) is 31.4. The molecule has 8 heteroatoms. The van der Waals surface area contributed by atoms with E-state index in [-0.39, 0.29) is 17.7 Å². The largest absolute Gasteiger partial charge is 0.478 e. The number of methoxy groups -OCH3 is 1. The molecule has 2 rings (SSSR count). The zero-order valence-corrected chi connectivity index (χ0v) is 13.4. The lowest BCUT2D eigenvalue weighted by atomic mass is 9.89. The number of nitrogens with one attached hydrogen (secondary N) is 1. The number of carbonyl (C=O) groups excluding carboxylic acids is 1. The molecule has 0 saturated carbocycles. The van der Waals surface area contributed by atoms with Crippen LogP contribution < -0.4 is 5.32 Å². The number of amides is 1. The highest BCUT2D eigenvalue weighted by Gasteiger charge is 2.44. The summed E-state index contributed by atoms with van der Waals surface area (Å²) in [6.07, 6.45) is -2.61. The van der Waals surface area contributed by atoms with E-state index in [1.54, 1.807) is 13.0 Å². The Bertz CT molecular complexity index is 604. The number of ether oxygens (including phenoxy) is 2. The third-order valence-electron chi connectivity index (χ3n) is 4.21. The Kier molecular flexibility index (Phi) is 5.89. The highest BCUT2D eigenvalue weighted by Crippen LogP contribution is 2.26. The van der Waals surface area contributed by atoms with E-state index in [1.807, 2.05) is 0 Å². The number of carboxylic acid groups (broad SMARTS) is 1. The minimum absolute atomic E-state index is 0.0241. The zero-order chi connectivity index (χ0) is 17.9. The van der Waals surface area contributed by atoms with E-state index >= 15 is 0 Å². The van der Waals surface area contributed by atoms with E-state index in [0.29, 0.717) is 0 Å². The van der Waals surface area contributed by atoms with Crippen LogP contribution in [0.5, 0.6) is 0 Å². The van der Waals surface area contributed by atoms with Crippen LogP contribution in [0, 0.1) is 5.92 Å². The fourth-order valence-electron chi connectivity index (χ4n) is 2.75. The minimum Gasteiger partial charge on any atom is -0.478 e. The molecule has 0 bridgehead atoms. The van der Waals surface area contributed by atoms with Gasteiger partial charge in [0.2, 0.25) is 0 Å². The number of carbonyl (C=O) groups is 2. The molecule has 8 nitrogen and oxygen atoms in total. The van der Waals surface area contributed by atoms with Gasteiger partial charge < -0.3 is 30.1 Å². The quantitative estimate of drug-likeness (QED) is 0.587. The number of aliphatic hydroxyl groups is 2. The highest BCUT2D eigenvalue weighted by atomic mass is 16.7. The Hall–Kier alpha value is -2.00. The molecule has 1 amide bonds. The minimum atomic E-state index is -1.22. The second-order valence-corrected chi connectivity index (χ2v) is 5.66. The number of aromatic carboxylic acids is 1. The first-order chi connectivity index (χ1) is 11.4. The normalized spacial score (nSPS) is 29.9. The van der Waals surface area contributed by atoms with Crippen LogP contribution >= 0.6 is 0 Å². The molecule has 0 spiro atoms. The Morgan fingerprint density at radius 2 is 1.92 bits per heavy atom. The number of rotatable bonds is 5. The highest BCUT2D eigenvalue weighted by molar-refractivity contribution is 6.04. The standard InChI is InChI=1S/C16H21NO7/c1-8-11(7-18)24-16(23-2)12(13(8)19)17-14(20)9-5-3-4-6-10(9)15(21)22/h3-6,8,11-13,16,18-19H,7H2,1-2H3,(H,17,20)(H,21,22)/t8-,11?,12?,13-,16+/m0/s1. The summed E-state index contributed by atoms with van der Waals surface area (Å²) in [5.74, 6) is -2.32. The molecular weight excluding hydrogens is 318 g/mol. The Morgan fingerprint density at radius 1 is 1.29 bits per heavy atom. The molecule has 0 radical (unpaired) electrons. The van der Waals surface area contributed by atoms with Crippen LogP contribution in [0.25, 0.3) is 0 Å². The molecule has 1 aliphatic rings. The van der Waals surface area contributed by atoms with Crippen LogP contribution in [0.15, 0.2) is 24.3 Å². The first-order valence-corrected chi connectivity index (χ1v) is 7.51. The topological polar surface area (TPSA) is 125 Å². The van der Waals surface area contributed by atoms with Crippen molar-refractivity contribution in [3.63, 3.8) is 0 Å². The smallest absolute Gasteiger partial charge is 0.336 e. The fraction of sp³-hybridized carbons (Fsp3) is 0.500. The van der Waals surface area contributed by atoms with E-state index in [4.69, 9.17) is 9.47 Å². The summed E-state index contributed by atoms with van der Waals surface area (Å²) in [6, 6.07) is 4.87. The van der Waals surface area contributed by atoms with Crippen molar-refractivity contribution >= 4 is 11.9 Å². The van der Waals surface area contributed by atoms with Crippen molar-refractivity contribution in [3.05, 3.63) is 35.4 Å². The summed E-state index contributed by atoms with van der Waals surface area (Å²) in [7, 11) is 1.35. The molecular formula is C16H21NO7. The summed E-state index contributed by atoms with van der Waals surface area (Å²) < 4.78 is 10.7. The first-order valence-electron chi connectivity index (χ1n) is 7.51. The molecule has 0 aliphatic carbocycles. The second-order valence-electron chi connectivity index (χ2n) is 5.66. The molecule has 0 aromatic heterocycles. The molecule has 1 heterocycles. The maximum atomic E-state index is 12.5. The third-order valence-corrected chi connectivity index (χ3v) is 4.21. The molecule has 24 heavy (non-hydrogen) atoms. The van der Waals surface area contributed by atoms with Gasteiger partial charge in [-0.2, -0.15) is 0 Å². The lowest BCUT2D eigenvalue weighted by Crippen LogP contribution is -2.61. The predicted octanol–water partition coefficient (Wildman–Crippen LogP) is -0.156. The number of hydrogen-bond acceptors (Lipinski definition) is 6. The zero-order valence-electron chi connectivity index (χ0n) is 13.4. The van der Waals surface area contributed by atoms with Gasteiger partial charge in [0.1, 0.15) is 6.04 Å². The van der Waals surface area contributed by atoms with Crippen molar-refractivity contribution in [1.82, 2.24) is 5.32 Å². The first kappa shape index (κ1) is 18.3. The lowest BCUT2D eigenvalue weighted by molar-refractivity contribution is -0.244. The van der Waals surface area contributed by atoms with Crippen LogP contribution in [0.2, 0.25) is 0 Å². The summed E-state index contributed by atoms with van der Waals surface area (Å²) in [6.45, 7) is 1.39. The number of aliphatic hydroxyl groups excluding tert-OH is 2. The molecule has 1 fully saturated rings. The van der Waals surface area contributed by atoms with Gasteiger partial charge in [-0.3, -0.25) is 4.79 Å². The van der Waals surface area contributed by atoms with E-state index in [0.717, 1.165) is 0 Å². The second kappa shape index (κ2) is 7.71. The SMILES string of the molecule is CO[C@@H]1OC(CO)[C@H](C)[C@H](O)C1NC(=O)c1ccccc1C(=O)O. The van der Waals surface area contributed by atoms with Gasteiger partial charge in [0.05, 0.1) is 29.9 Å².